The van der Waals surface area contributed by atoms with Gasteiger partial charge in [0.25, 0.3) is 11.8 Å². The number of hydrogen-bond donors (Lipinski definition) is 2. The van der Waals surface area contributed by atoms with E-state index in [-0.39, 0.29) is 18.4 Å². The van der Waals surface area contributed by atoms with E-state index in [0.717, 1.165) is 38.4 Å². The predicted molar refractivity (Wildman–Crippen MR) is 130 cm³/mol. The second kappa shape index (κ2) is 10.6. The second-order valence-corrected chi connectivity index (χ2v) is 8.74. The van der Waals surface area contributed by atoms with Crippen molar-refractivity contribution >= 4 is 17.8 Å². The van der Waals surface area contributed by atoms with E-state index in [9.17, 15) is 9.59 Å². The molecule has 2 aromatic rings. The van der Waals surface area contributed by atoms with Crippen LogP contribution in [-0.2, 0) is 6.54 Å². The number of carbonyl (C=O) groups excluding carboxylic acids is 2. The molecule has 1 saturated heterocycles. The summed E-state index contributed by atoms with van der Waals surface area (Å²) in [7, 11) is 0. The lowest BCUT2D eigenvalue weighted by molar-refractivity contribution is 0.0659. The summed E-state index contributed by atoms with van der Waals surface area (Å²) in [6, 6.07) is 18.4. The number of nitrogens with zero attached hydrogens (tertiary/aromatic N) is 3. The Balaban J connectivity index is 1.30. The van der Waals surface area contributed by atoms with Crippen LogP contribution in [0.4, 0.5) is 0 Å². The van der Waals surface area contributed by atoms with Crippen molar-refractivity contribution in [1.82, 2.24) is 20.4 Å². The Kier molecular flexibility index (Phi) is 7.40. The van der Waals surface area contributed by atoms with Crippen LogP contribution in [-0.4, -0.2) is 65.8 Å². The molecular weight excluding hydrogens is 414 g/mol. The Morgan fingerprint density at radius 1 is 1.03 bits per heavy atom. The van der Waals surface area contributed by atoms with E-state index in [1.165, 1.54) is 10.5 Å². The van der Waals surface area contributed by atoms with Gasteiger partial charge in [0.15, 0.2) is 5.96 Å². The van der Waals surface area contributed by atoms with Gasteiger partial charge in [-0.15, -0.1) is 0 Å². The van der Waals surface area contributed by atoms with Crippen molar-refractivity contribution in [2.45, 2.75) is 45.3 Å². The van der Waals surface area contributed by atoms with Gasteiger partial charge in [-0.1, -0.05) is 42.5 Å². The number of carbonyl (C=O) groups is 2. The van der Waals surface area contributed by atoms with Gasteiger partial charge in [0, 0.05) is 38.3 Å². The van der Waals surface area contributed by atoms with Crippen LogP contribution in [0.3, 0.4) is 0 Å². The fraction of sp³-hybridized carbons (Fsp3) is 0.423. The van der Waals surface area contributed by atoms with Crippen LogP contribution in [0.1, 0.15) is 53.0 Å². The predicted octanol–water partition coefficient (Wildman–Crippen LogP) is 2.89. The molecule has 2 aliphatic heterocycles. The van der Waals surface area contributed by atoms with E-state index in [2.05, 4.69) is 57.8 Å². The maximum absolute atomic E-state index is 12.5. The van der Waals surface area contributed by atoms with Crippen molar-refractivity contribution in [2.24, 2.45) is 4.99 Å². The van der Waals surface area contributed by atoms with Gasteiger partial charge in [-0.3, -0.25) is 24.4 Å². The highest BCUT2D eigenvalue weighted by atomic mass is 16.2. The molecule has 2 heterocycles. The van der Waals surface area contributed by atoms with Crippen molar-refractivity contribution in [3.63, 3.8) is 0 Å². The molecule has 2 atom stereocenters. The highest BCUT2D eigenvalue weighted by Gasteiger charge is 2.34. The standard InChI is InChI=1S/C26H33N5O2/c1-3-27-26(28-14-16-31-24(32)22-11-7-8-12-23(22)25(31)33)29-21-13-15-30(19(2)17-21)18-20-9-5-4-6-10-20/h4-12,19,21H,3,13-18H2,1-2H3,(H2,27,28,29). The van der Waals surface area contributed by atoms with Crippen LogP contribution in [0.25, 0.3) is 0 Å². The maximum Gasteiger partial charge on any atom is 0.261 e. The van der Waals surface area contributed by atoms with Gasteiger partial charge in [-0.25, -0.2) is 0 Å². The van der Waals surface area contributed by atoms with E-state index < -0.39 is 0 Å². The number of piperidine rings is 1. The molecule has 2 unspecified atom stereocenters. The van der Waals surface area contributed by atoms with Crippen LogP contribution < -0.4 is 10.6 Å². The van der Waals surface area contributed by atoms with Gasteiger partial charge in [-0.2, -0.15) is 0 Å². The largest absolute Gasteiger partial charge is 0.357 e. The summed E-state index contributed by atoms with van der Waals surface area (Å²) in [6.45, 7) is 7.71. The quantitative estimate of drug-likeness (QED) is 0.388. The maximum atomic E-state index is 12.5. The lowest BCUT2D eigenvalue weighted by Gasteiger charge is -2.38. The third-order valence-electron chi connectivity index (χ3n) is 6.40. The Labute approximate surface area is 195 Å². The summed E-state index contributed by atoms with van der Waals surface area (Å²) in [6.07, 6.45) is 2.08. The molecule has 0 saturated carbocycles. The van der Waals surface area contributed by atoms with Crippen molar-refractivity contribution in [1.29, 1.82) is 0 Å². The van der Waals surface area contributed by atoms with Gasteiger partial charge in [-0.05, 0) is 44.4 Å². The number of likely N-dealkylation sites (tertiary alicyclic amines) is 1. The molecule has 0 bridgehead atoms. The number of rotatable bonds is 7. The van der Waals surface area contributed by atoms with Gasteiger partial charge >= 0.3 is 0 Å². The van der Waals surface area contributed by atoms with Gasteiger partial charge in [0.1, 0.15) is 0 Å². The van der Waals surface area contributed by atoms with Crippen LogP contribution in [0, 0.1) is 0 Å². The number of guanidine groups is 1. The number of nitrogens with one attached hydrogen (secondary N) is 2. The highest BCUT2D eigenvalue weighted by molar-refractivity contribution is 6.21. The summed E-state index contributed by atoms with van der Waals surface area (Å²) in [4.78, 5) is 33.6. The molecule has 4 rings (SSSR count). The third-order valence-corrected chi connectivity index (χ3v) is 6.40. The number of hydrogen-bond acceptors (Lipinski definition) is 4. The molecule has 2 aromatic carbocycles. The average molecular weight is 448 g/mol. The van der Waals surface area contributed by atoms with E-state index >= 15 is 0 Å². The minimum atomic E-state index is -0.233. The summed E-state index contributed by atoms with van der Waals surface area (Å²) >= 11 is 0. The number of imide groups is 1. The molecule has 33 heavy (non-hydrogen) atoms. The molecule has 174 valence electrons. The van der Waals surface area contributed by atoms with Crippen molar-refractivity contribution in [3.8, 4) is 0 Å². The van der Waals surface area contributed by atoms with Crippen molar-refractivity contribution < 1.29 is 9.59 Å². The van der Waals surface area contributed by atoms with Crippen LogP contribution in [0.5, 0.6) is 0 Å². The molecular formula is C26H33N5O2. The first kappa shape index (κ1) is 23.0. The summed E-state index contributed by atoms with van der Waals surface area (Å²) in [5.74, 6) is 0.273. The zero-order valence-corrected chi connectivity index (χ0v) is 19.5. The molecule has 7 heteroatoms. The number of aliphatic imine (C=N–C) groups is 1. The number of fused-ring (bicyclic) bond motifs is 1. The molecule has 0 spiro atoms. The minimum absolute atomic E-state index is 0.233. The first-order valence-corrected chi connectivity index (χ1v) is 11.8. The molecule has 7 nitrogen and oxygen atoms in total. The van der Waals surface area contributed by atoms with E-state index in [0.29, 0.717) is 29.8 Å². The van der Waals surface area contributed by atoms with Crippen LogP contribution in [0.15, 0.2) is 59.6 Å². The average Bonchev–Trinajstić information content (AvgIpc) is 3.07. The number of benzene rings is 2. The SMILES string of the molecule is CCNC(=NCCN1C(=O)c2ccccc2C1=O)NC1CCN(Cc2ccccc2)C(C)C1. The highest BCUT2D eigenvalue weighted by Crippen LogP contribution is 2.22. The summed E-state index contributed by atoms with van der Waals surface area (Å²) in [5, 5.41) is 6.86. The van der Waals surface area contributed by atoms with E-state index in [1.54, 1.807) is 24.3 Å². The summed E-state index contributed by atoms with van der Waals surface area (Å²) in [5.41, 5.74) is 2.30. The monoisotopic (exact) mass is 447 g/mol. The summed E-state index contributed by atoms with van der Waals surface area (Å²) < 4.78 is 0. The Morgan fingerprint density at radius 2 is 1.70 bits per heavy atom. The fourth-order valence-corrected chi connectivity index (χ4v) is 4.62. The number of amides is 2. The molecule has 1 fully saturated rings. The first-order chi connectivity index (χ1) is 16.1. The molecule has 2 amide bonds. The van der Waals surface area contributed by atoms with Gasteiger partial charge in [0.05, 0.1) is 17.7 Å². The smallest absolute Gasteiger partial charge is 0.261 e. The third kappa shape index (κ3) is 5.42. The zero-order valence-electron chi connectivity index (χ0n) is 19.5. The van der Waals surface area contributed by atoms with Crippen molar-refractivity contribution in [3.05, 3.63) is 71.3 Å². The zero-order chi connectivity index (χ0) is 23.2. The molecule has 0 radical (unpaired) electrons. The molecule has 2 N–H and O–H groups in total. The Hall–Kier alpha value is -3.19. The minimum Gasteiger partial charge on any atom is -0.357 e. The first-order valence-electron chi connectivity index (χ1n) is 11.8. The van der Waals surface area contributed by atoms with Crippen LogP contribution in [0.2, 0.25) is 0 Å². The topological polar surface area (TPSA) is 77.0 Å². The van der Waals surface area contributed by atoms with Gasteiger partial charge in [0.2, 0.25) is 0 Å². The van der Waals surface area contributed by atoms with E-state index in [1.807, 2.05) is 6.92 Å². The lowest BCUT2D eigenvalue weighted by atomic mass is 9.97. The molecule has 0 aliphatic carbocycles. The Bertz CT molecular complexity index is 972. The second-order valence-electron chi connectivity index (χ2n) is 8.74. The molecule has 2 aliphatic rings. The molecule has 0 aromatic heterocycles. The van der Waals surface area contributed by atoms with Crippen LogP contribution >= 0.6 is 0 Å². The lowest BCUT2D eigenvalue weighted by Crippen LogP contribution is -2.51. The van der Waals surface area contributed by atoms with E-state index in [4.69, 9.17) is 0 Å². The van der Waals surface area contributed by atoms with Gasteiger partial charge < -0.3 is 10.6 Å². The fourth-order valence-electron chi connectivity index (χ4n) is 4.62. The van der Waals surface area contributed by atoms with Crippen molar-refractivity contribution in [2.75, 3.05) is 26.2 Å². The normalized spacial score (nSPS) is 21.3. The Morgan fingerprint density at radius 3 is 2.33 bits per heavy atom.